The molecule has 0 spiro atoms. The van der Waals surface area contributed by atoms with Crippen molar-refractivity contribution in [3.63, 3.8) is 0 Å². The van der Waals surface area contributed by atoms with Crippen molar-refractivity contribution in [2.75, 3.05) is 29.9 Å². The Morgan fingerprint density at radius 2 is 2.10 bits per heavy atom. The number of rotatable bonds is 4. The zero-order valence-corrected chi connectivity index (χ0v) is 12.7. The number of hydrogen-bond acceptors (Lipinski definition) is 6. The number of hydrogen-bond donors (Lipinski definition) is 0. The van der Waals surface area contributed by atoms with Crippen LogP contribution in [0.1, 0.15) is 24.2 Å². The van der Waals surface area contributed by atoms with Gasteiger partial charge in [0.05, 0.1) is 17.7 Å². The minimum Gasteiger partial charge on any atom is -0.354 e. The molecule has 1 aliphatic rings. The van der Waals surface area contributed by atoms with Crippen LogP contribution in [0.2, 0.25) is 0 Å². The van der Waals surface area contributed by atoms with Gasteiger partial charge in [-0.25, -0.2) is 9.97 Å². The van der Waals surface area contributed by atoms with Crippen LogP contribution in [0.25, 0.3) is 0 Å². The van der Waals surface area contributed by atoms with Crippen molar-refractivity contribution in [2.24, 2.45) is 0 Å². The van der Waals surface area contributed by atoms with Gasteiger partial charge in [0, 0.05) is 37.3 Å². The smallest absolute Gasteiger partial charge is 0.227 e. The Kier molecular flexibility index (Phi) is 3.82. The van der Waals surface area contributed by atoms with Crippen molar-refractivity contribution in [3.05, 3.63) is 28.3 Å². The van der Waals surface area contributed by atoms with Gasteiger partial charge in [-0.15, -0.1) is 11.3 Å². The van der Waals surface area contributed by atoms with Gasteiger partial charge in [-0.05, 0) is 19.8 Å². The van der Waals surface area contributed by atoms with Crippen molar-refractivity contribution >= 4 is 23.1 Å². The average molecular weight is 289 g/mol. The summed E-state index contributed by atoms with van der Waals surface area (Å²) in [6.45, 7) is 4.94. The predicted molar refractivity (Wildman–Crippen MR) is 82.4 cm³/mol. The summed E-state index contributed by atoms with van der Waals surface area (Å²) in [5, 5.41) is 2.08. The van der Waals surface area contributed by atoms with E-state index >= 15 is 0 Å². The Labute approximate surface area is 123 Å². The van der Waals surface area contributed by atoms with Crippen LogP contribution in [0.4, 0.5) is 11.8 Å². The van der Waals surface area contributed by atoms with Crippen LogP contribution in [0.15, 0.2) is 17.0 Å². The Morgan fingerprint density at radius 3 is 2.80 bits per heavy atom. The van der Waals surface area contributed by atoms with E-state index in [1.807, 2.05) is 18.5 Å². The molecule has 20 heavy (non-hydrogen) atoms. The minimum atomic E-state index is 0.777. The van der Waals surface area contributed by atoms with Crippen molar-refractivity contribution in [2.45, 2.75) is 26.3 Å². The van der Waals surface area contributed by atoms with Gasteiger partial charge in [-0.2, -0.15) is 4.98 Å². The van der Waals surface area contributed by atoms with E-state index in [1.165, 1.54) is 12.8 Å². The molecular weight excluding hydrogens is 270 g/mol. The molecule has 0 radical (unpaired) electrons. The lowest BCUT2D eigenvalue weighted by molar-refractivity contribution is 0.840. The Morgan fingerprint density at radius 1 is 1.30 bits per heavy atom. The lowest BCUT2D eigenvalue weighted by atomic mass is 10.3. The maximum absolute atomic E-state index is 4.71. The van der Waals surface area contributed by atoms with Gasteiger partial charge in [0.2, 0.25) is 5.95 Å². The topological polar surface area (TPSA) is 45.2 Å². The molecule has 0 unspecified atom stereocenters. The van der Waals surface area contributed by atoms with E-state index in [9.17, 15) is 0 Å². The van der Waals surface area contributed by atoms with Crippen LogP contribution in [0.5, 0.6) is 0 Å². The number of aryl methyl sites for hydroxylation is 1. The van der Waals surface area contributed by atoms with Gasteiger partial charge in [-0.3, -0.25) is 0 Å². The molecule has 0 aliphatic carbocycles. The molecule has 3 heterocycles. The van der Waals surface area contributed by atoms with Crippen LogP contribution < -0.4 is 9.80 Å². The Bertz CT molecular complexity index is 563. The second-order valence-electron chi connectivity index (χ2n) is 5.20. The first-order valence-electron chi connectivity index (χ1n) is 6.91. The first-order chi connectivity index (χ1) is 9.72. The second-order valence-corrected chi connectivity index (χ2v) is 5.92. The highest BCUT2D eigenvalue weighted by Gasteiger charge is 2.17. The third-order valence-corrected chi connectivity index (χ3v) is 4.13. The highest BCUT2D eigenvalue weighted by atomic mass is 32.1. The average Bonchev–Trinajstić information content (AvgIpc) is 3.11. The molecular formula is C14H19N5S. The molecule has 0 N–H and O–H groups in total. The van der Waals surface area contributed by atoms with Crippen LogP contribution in [-0.2, 0) is 6.54 Å². The summed E-state index contributed by atoms with van der Waals surface area (Å²) in [5.74, 6) is 1.83. The molecule has 0 amide bonds. The first kappa shape index (κ1) is 13.3. The molecule has 106 valence electrons. The van der Waals surface area contributed by atoms with Gasteiger partial charge < -0.3 is 9.80 Å². The minimum absolute atomic E-state index is 0.777. The van der Waals surface area contributed by atoms with Gasteiger partial charge in [0.1, 0.15) is 5.82 Å². The van der Waals surface area contributed by atoms with Crippen molar-refractivity contribution in [1.29, 1.82) is 0 Å². The van der Waals surface area contributed by atoms with Crippen molar-refractivity contribution in [1.82, 2.24) is 15.0 Å². The summed E-state index contributed by atoms with van der Waals surface area (Å²) in [6.07, 6.45) is 2.47. The zero-order chi connectivity index (χ0) is 13.9. The van der Waals surface area contributed by atoms with Crippen LogP contribution in [0, 0.1) is 6.92 Å². The van der Waals surface area contributed by atoms with E-state index in [-0.39, 0.29) is 0 Å². The normalized spacial score (nSPS) is 14.8. The molecule has 0 bridgehead atoms. The van der Waals surface area contributed by atoms with Crippen molar-refractivity contribution < 1.29 is 0 Å². The summed E-state index contributed by atoms with van der Waals surface area (Å²) in [4.78, 5) is 18.0. The van der Waals surface area contributed by atoms with Gasteiger partial charge in [-0.1, -0.05) is 0 Å². The SMILES string of the molecule is Cc1cc(N(C)Cc2cscn2)nc(N2CCCC2)n1. The lowest BCUT2D eigenvalue weighted by Crippen LogP contribution is -2.24. The van der Waals surface area contributed by atoms with Gasteiger partial charge in [0.15, 0.2) is 0 Å². The van der Waals surface area contributed by atoms with Crippen molar-refractivity contribution in [3.8, 4) is 0 Å². The number of nitrogens with zero attached hydrogens (tertiary/aromatic N) is 5. The van der Waals surface area contributed by atoms with E-state index in [4.69, 9.17) is 4.98 Å². The molecule has 5 nitrogen and oxygen atoms in total. The molecule has 1 fully saturated rings. The molecule has 2 aromatic heterocycles. The highest BCUT2D eigenvalue weighted by molar-refractivity contribution is 7.07. The largest absolute Gasteiger partial charge is 0.354 e. The summed E-state index contributed by atoms with van der Waals surface area (Å²) in [5.41, 5.74) is 3.96. The molecule has 0 aromatic carbocycles. The first-order valence-corrected chi connectivity index (χ1v) is 7.85. The summed E-state index contributed by atoms with van der Waals surface area (Å²) < 4.78 is 0. The van der Waals surface area contributed by atoms with Gasteiger partial charge in [0.25, 0.3) is 0 Å². The third-order valence-electron chi connectivity index (χ3n) is 3.49. The molecule has 0 saturated carbocycles. The monoisotopic (exact) mass is 289 g/mol. The fourth-order valence-corrected chi connectivity index (χ4v) is 2.98. The summed E-state index contributed by atoms with van der Waals surface area (Å²) in [6, 6.07) is 2.03. The molecule has 0 atom stereocenters. The summed E-state index contributed by atoms with van der Waals surface area (Å²) >= 11 is 1.62. The predicted octanol–water partition coefficient (Wildman–Crippen LogP) is 2.48. The molecule has 2 aromatic rings. The van der Waals surface area contributed by atoms with Crippen LogP contribution in [-0.4, -0.2) is 35.1 Å². The molecule has 1 saturated heterocycles. The lowest BCUT2D eigenvalue weighted by Gasteiger charge is -2.21. The van der Waals surface area contributed by atoms with E-state index in [2.05, 4.69) is 32.2 Å². The highest BCUT2D eigenvalue weighted by Crippen LogP contribution is 2.21. The number of thiazole rings is 1. The standard InChI is InChI=1S/C14H19N5S/c1-11-7-13(18(2)8-12-9-20-10-15-12)17-14(16-11)19-5-3-4-6-19/h7,9-10H,3-6,8H2,1-2H3. The fourth-order valence-electron chi connectivity index (χ4n) is 2.43. The van der Waals surface area contributed by atoms with E-state index in [0.717, 1.165) is 42.8 Å². The van der Waals surface area contributed by atoms with E-state index < -0.39 is 0 Å². The third kappa shape index (κ3) is 2.90. The fraction of sp³-hybridized carbons (Fsp3) is 0.500. The van der Waals surface area contributed by atoms with Crippen LogP contribution in [0.3, 0.4) is 0 Å². The van der Waals surface area contributed by atoms with E-state index in [0.29, 0.717) is 0 Å². The molecule has 1 aliphatic heterocycles. The maximum atomic E-state index is 4.71. The zero-order valence-electron chi connectivity index (χ0n) is 11.9. The van der Waals surface area contributed by atoms with Crippen LogP contribution >= 0.6 is 11.3 Å². The second kappa shape index (κ2) is 5.75. The van der Waals surface area contributed by atoms with E-state index in [1.54, 1.807) is 11.3 Å². The Hall–Kier alpha value is -1.69. The summed E-state index contributed by atoms with van der Waals surface area (Å²) in [7, 11) is 2.05. The number of anilines is 2. The molecule has 3 rings (SSSR count). The quantitative estimate of drug-likeness (QED) is 0.865. The maximum Gasteiger partial charge on any atom is 0.227 e. The Balaban J connectivity index is 1.81. The van der Waals surface area contributed by atoms with Gasteiger partial charge >= 0.3 is 0 Å². The number of aromatic nitrogens is 3. The molecule has 6 heteroatoms.